The highest BCUT2D eigenvalue weighted by Crippen LogP contribution is 2.40. The van der Waals surface area contributed by atoms with Crippen LogP contribution in [-0.2, 0) is 0 Å². The molecule has 2 aromatic heterocycles. The molecule has 3 aromatic rings. The molecule has 1 N–H and O–H groups in total. The number of alkyl halides is 1. The zero-order valence-corrected chi connectivity index (χ0v) is 18.4. The highest BCUT2D eigenvalue weighted by molar-refractivity contribution is 6.10. The van der Waals surface area contributed by atoms with Gasteiger partial charge in [0.2, 0.25) is 5.71 Å². The van der Waals surface area contributed by atoms with Gasteiger partial charge in [-0.25, -0.2) is 14.4 Å². The molecule has 0 radical (unpaired) electrons. The first-order chi connectivity index (χ1) is 15.5. The predicted molar refractivity (Wildman–Crippen MR) is 119 cm³/mol. The number of rotatable bonds is 7. The minimum Gasteiger partial charge on any atom is -0.491 e. The van der Waals surface area contributed by atoms with E-state index in [0.717, 1.165) is 24.8 Å². The summed E-state index contributed by atoms with van der Waals surface area (Å²) in [6.45, 7) is 4.80. The van der Waals surface area contributed by atoms with Crippen molar-refractivity contribution >= 4 is 22.8 Å². The zero-order chi connectivity index (χ0) is 22.3. The smallest absolute Gasteiger partial charge is 0.258 e. The van der Waals surface area contributed by atoms with Crippen molar-refractivity contribution in [1.82, 2.24) is 14.9 Å². The molecule has 0 spiro atoms. The molecule has 1 atom stereocenters. The Morgan fingerprint density at radius 1 is 1.31 bits per heavy atom. The quantitative estimate of drug-likeness (QED) is 0.586. The fourth-order valence-corrected chi connectivity index (χ4v) is 4.36. The number of carbonyl (C=O) groups excluding carboxylic acids is 1. The topological polar surface area (TPSA) is 80.5 Å². The number of furan rings is 1. The van der Waals surface area contributed by atoms with Gasteiger partial charge in [0, 0.05) is 24.5 Å². The fraction of sp³-hybridized carbons (Fsp3) is 0.458. The van der Waals surface area contributed by atoms with Crippen molar-refractivity contribution < 1.29 is 18.3 Å². The molecule has 1 aliphatic carbocycles. The normalized spacial score (nSPS) is 19.3. The number of benzene rings is 1. The Hall–Kier alpha value is -3.16. The van der Waals surface area contributed by atoms with Crippen LogP contribution in [0.1, 0.15) is 53.8 Å². The molecule has 32 heavy (non-hydrogen) atoms. The Bertz CT molecular complexity index is 1140. The molecule has 1 saturated heterocycles. The van der Waals surface area contributed by atoms with Crippen molar-refractivity contribution in [2.75, 3.05) is 31.7 Å². The molecular formula is C24H27FN4O3. The maximum atomic E-state index is 13.6. The van der Waals surface area contributed by atoms with Crippen molar-refractivity contribution in [3.63, 3.8) is 0 Å². The first-order valence-corrected chi connectivity index (χ1v) is 11.1. The summed E-state index contributed by atoms with van der Waals surface area (Å²) in [5.41, 5.74) is 2.15. The van der Waals surface area contributed by atoms with Gasteiger partial charge < -0.3 is 19.4 Å². The van der Waals surface area contributed by atoms with Crippen molar-refractivity contribution in [2.24, 2.45) is 0 Å². The van der Waals surface area contributed by atoms with Crippen molar-refractivity contribution in [1.29, 1.82) is 0 Å². The summed E-state index contributed by atoms with van der Waals surface area (Å²) < 4.78 is 23.4. The number of nitrogens with one attached hydrogen (secondary N) is 1. The summed E-state index contributed by atoms with van der Waals surface area (Å²) in [7, 11) is 0. The van der Waals surface area contributed by atoms with Crippen LogP contribution in [0, 0.1) is 6.92 Å². The van der Waals surface area contributed by atoms with Gasteiger partial charge in [0.25, 0.3) is 5.91 Å². The molecule has 1 saturated carbocycles. The standard InChI is InChI=1S/C24H27FN4O3/c1-15-19(20-21(28-24(2)8-9-24)26-14-27-22(20)32-15)23(30)29-11-7-17(13-29)16-3-5-18(6-4-16)31-12-10-25/h3-6,14,17H,7-13H2,1-2H3,(H,26,27,28). The van der Waals surface area contributed by atoms with E-state index in [4.69, 9.17) is 9.15 Å². The molecule has 1 aliphatic heterocycles. The van der Waals surface area contributed by atoms with E-state index in [1.165, 1.54) is 6.33 Å². The summed E-state index contributed by atoms with van der Waals surface area (Å²) in [4.78, 5) is 24.1. The minimum atomic E-state index is -0.509. The number of amides is 1. The van der Waals surface area contributed by atoms with Gasteiger partial charge in [-0.2, -0.15) is 0 Å². The Morgan fingerprint density at radius 2 is 2.09 bits per heavy atom. The van der Waals surface area contributed by atoms with Crippen LogP contribution in [0.15, 0.2) is 35.0 Å². The van der Waals surface area contributed by atoms with E-state index in [2.05, 4.69) is 22.2 Å². The molecule has 1 amide bonds. The van der Waals surface area contributed by atoms with Crippen LogP contribution in [0.2, 0.25) is 0 Å². The number of hydrogen-bond donors (Lipinski definition) is 1. The predicted octanol–water partition coefficient (Wildman–Crippen LogP) is 4.47. The van der Waals surface area contributed by atoms with E-state index >= 15 is 0 Å². The maximum Gasteiger partial charge on any atom is 0.258 e. The molecule has 1 aromatic carbocycles. The van der Waals surface area contributed by atoms with E-state index in [1.54, 1.807) is 6.92 Å². The molecular weight excluding hydrogens is 411 g/mol. The number of anilines is 1. The number of carbonyl (C=O) groups is 1. The minimum absolute atomic E-state index is 0.0194. The van der Waals surface area contributed by atoms with Gasteiger partial charge in [-0.05, 0) is 50.8 Å². The monoisotopic (exact) mass is 438 g/mol. The van der Waals surface area contributed by atoms with E-state index in [9.17, 15) is 9.18 Å². The summed E-state index contributed by atoms with van der Waals surface area (Å²) in [6, 6.07) is 7.71. The number of likely N-dealkylation sites (tertiary alicyclic amines) is 1. The van der Waals surface area contributed by atoms with Crippen LogP contribution in [-0.4, -0.2) is 52.7 Å². The molecule has 8 heteroatoms. The fourth-order valence-electron chi connectivity index (χ4n) is 4.36. The first kappa shape index (κ1) is 20.7. The molecule has 2 aliphatic rings. The van der Waals surface area contributed by atoms with E-state index in [0.29, 0.717) is 47.1 Å². The average Bonchev–Trinajstić information content (AvgIpc) is 3.19. The lowest BCUT2D eigenvalue weighted by Gasteiger charge is -2.18. The lowest BCUT2D eigenvalue weighted by atomic mass is 9.98. The second-order valence-corrected chi connectivity index (χ2v) is 8.96. The SMILES string of the molecule is Cc1oc2ncnc(NC3(C)CC3)c2c1C(=O)N1CCC(c2ccc(OCCF)cc2)C1. The molecule has 5 rings (SSSR count). The van der Waals surface area contributed by atoms with Crippen LogP contribution in [0.3, 0.4) is 0 Å². The van der Waals surface area contributed by atoms with Gasteiger partial charge in [0.1, 0.15) is 36.9 Å². The second kappa shape index (κ2) is 8.07. The van der Waals surface area contributed by atoms with Crippen molar-refractivity contribution in [3.8, 4) is 5.75 Å². The summed E-state index contributed by atoms with van der Waals surface area (Å²) in [6.07, 6.45) is 4.50. The number of aromatic nitrogens is 2. The van der Waals surface area contributed by atoms with Gasteiger partial charge in [0.05, 0.1) is 10.9 Å². The van der Waals surface area contributed by atoms with E-state index in [-0.39, 0.29) is 24.0 Å². The lowest BCUT2D eigenvalue weighted by Crippen LogP contribution is -2.29. The molecule has 1 unspecified atom stereocenters. The van der Waals surface area contributed by atoms with Crippen LogP contribution < -0.4 is 10.1 Å². The molecule has 7 nitrogen and oxygen atoms in total. The summed E-state index contributed by atoms with van der Waals surface area (Å²) >= 11 is 0. The Balaban J connectivity index is 1.36. The largest absolute Gasteiger partial charge is 0.491 e. The Labute approximate surface area is 186 Å². The molecule has 2 fully saturated rings. The van der Waals surface area contributed by atoms with Crippen LogP contribution >= 0.6 is 0 Å². The summed E-state index contributed by atoms with van der Waals surface area (Å²) in [5, 5.41) is 4.14. The molecule has 168 valence electrons. The maximum absolute atomic E-state index is 13.6. The van der Waals surface area contributed by atoms with Crippen molar-refractivity contribution in [2.45, 2.75) is 44.6 Å². The van der Waals surface area contributed by atoms with E-state index < -0.39 is 6.67 Å². The van der Waals surface area contributed by atoms with Crippen molar-refractivity contribution in [3.05, 3.63) is 47.5 Å². The number of halogens is 1. The van der Waals surface area contributed by atoms with Gasteiger partial charge in [-0.1, -0.05) is 12.1 Å². The van der Waals surface area contributed by atoms with Gasteiger partial charge >= 0.3 is 0 Å². The highest BCUT2D eigenvalue weighted by atomic mass is 19.1. The zero-order valence-electron chi connectivity index (χ0n) is 18.4. The molecule has 3 heterocycles. The van der Waals surface area contributed by atoms with Crippen LogP contribution in [0.4, 0.5) is 10.2 Å². The van der Waals surface area contributed by atoms with Gasteiger partial charge in [0.15, 0.2) is 0 Å². The van der Waals surface area contributed by atoms with Crippen LogP contribution in [0.25, 0.3) is 11.1 Å². The Kier molecular flexibility index (Phi) is 5.23. The van der Waals surface area contributed by atoms with Gasteiger partial charge in [-0.15, -0.1) is 0 Å². The number of nitrogens with zero attached hydrogens (tertiary/aromatic N) is 3. The van der Waals surface area contributed by atoms with E-state index in [1.807, 2.05) is 29.2 Å². The third-order valence-electron chi connectivity index (χ3n) is 6.47. The number of ether oxygens (including phenoxy) is 1. The summed E-state index contributed by atoms with van der Waals surface area (Å²) in [5.74, 6) is 2.07. The highest BCUT2D eigenvalue weighted by Gasteiger charge is 2.39. The second-order valence-electron chi connectivity index (χ2n) is 8.96. The third kappa shape index (κ3) is 3.89. The number of hydrogen-bond acceptors (Lipinski definition) is 6. The lowest BCUT2D eigenvalue weighted by molar-refractivity contribution is 0.0790. The first-order valence-electron chi connectivity index (χ1n) is 11.1. The molecule has 0 bridgehead atoms. The van der Waals surface area contributed by atoms with Crippen LogP contribution in [0.5, 0.6) is 5.75 Å². The Morgan fingerprint density at radius 3 is 2.81 bits per heavy atom. The number of fused-ring (bicyclic) bond motifs is 1. The van der Waals surface area contributed by atoms with Gasteiger partial charge in [-0.3, -0.25) is 4.79 Å². The third-order valence-corrected chi connectivity index (χ3v) is 6.47. The number of aryl methyl sites for hydroxylation is 1. The average molecular weight is 439 g/mol.